The molecule has 0 bridgehead atoms. The molecule has 0 aliphatic rings. The molecule has 1 atom stereocenters. The number of carbonyl (C=O) groups is 1. The molecule has 2 heterocycles. The largest absolute Gasteiger partial charge is 0.475 e. The van der Waals surface area contributed by atoms with Crippen molar-refractivity contribution in [3.63, 3.8) is 0 Å². The smallest absolute Gasteiger partial charge is 0.371 e. The number of hydrogen-bond acceptors (Lipinski definition) is 5. The van der Waals surface area contributed by atoms with Crippen LogP contribution < -0.4 is 0 Å². The Kier molecular flexibility index (Phi) is 3.62. The molecule has 1 unspecified atom stereocenters. The van der Waals surface area contributed by atoms with E-state index in [1.165, 1.54) is 24.2 Å². The highest BCUT2D eigenvalue weighted by atomic mass is 32.2. The van der Waals surface area contributed by atoms with Gasteiger partial charge in [-0.3, -0.25) is 0 Å². The van der Waals surface area contributed by atoms with Crippen molar-refractivity contribution < 1.29 is 14.3 Å². The second kappa shape index (κ2) is 5.57. The van der Waals surface area contributed by atoms with Crippen molar-refractivity contribution in [2.75, 3.05) is 0 Å². The van der Waals surface area contributed by atoms with Gasteiger partial charge in [0.2, 0.25) is 5.76 Å². The minimum absolute atomic E-state index is 0.0450. The van der Waals surface area contributed by atoms with Gasteiger partial charge in [-0.2, -0.15) is 0 Å². The average molecular weight is 300 g/mol. The van der Waals surface area contributed by atoms with Crippen LogP contribution >= 0.6 is 11.8 Å². The molecule has 0 fully saturated rings. The molecule has 0 radical (unpaired) electrons. The van der Waals surface area contributed by atoms with Crippen molar-refractivity contribution >= 4 is 28.6 Å². The Morgan fingerprint density at radius 1 is 1.24 bits per heavy atom. The van der Waals surface area contributed by atoms with Gasteiger partial charge in [-0.15, -0.1) is 0 Å². The van der Waals surface area contributed by atoms with Crippen molar-refractivity contribution in [1.82, 2.24) is 9.97 Å². The van der Waals surface area contributed by atoms with Crippen molar-refractivity contribution in [2.24, 2.45) is 0 Å². The molecule has 0 aliphatic carbocycles. The van der Waals surface area contributed by atoms with Gasteiger partial charge in [0.1, 0.15) is 17.1 Å². The predicted molar refractivity (Wildman–Crippen MR) is 79.5 cm³/mol. The van der Waals surface area contributed by atoms with Gasteiger partial charge in [-0.1, -0.05) is 30.0 Å². The van der Waals surface area contributed by atoms with Crippen LogP contribution in [0.25, 0.3) is 10.9 Å². The monoisotopic (exact) mass is 300 g/mol. The standard InChI is InChI=1S/C15H12N2O3S/c1-9(12-6-7-13(20-12)15(18)19)21-14-10-4-2-3-5-11(10)16-8-17-14/h2-9H,1H3,(H,18,19). The molecule has 21 heavy (non-hydrogen) atoms. The summed E-state index contributed by atoms with van der Waals surface area (Å²) in [6.07, 6.45) is 1.53. The van der Waals surface area contributed by atoms with E-state index in [2.05, 4.69) is 9.97 Å². The number of fused-ring (bicyclic) bond motifs is 1. The van der Waals surface area contributed by atoms with Crippen LogP contribution in [0.1, 0.15) is 28.5 Å². The van der Waals surface area contributed by atoms with E-state index in [1.807, 2.05) is 31.2 Å². The van der Waals surface area contributed by atoms with Crippen molar-refractivity contribution in [3.8, 4) is 0 Å². The van der Waals surface area contributed by atoms with E-state index in [9.17, 15) is 4.79 Å². The summed E-state index contributed by atoms with van der Waals surface area (Å²) in [6.45, 7) is 1.95. The summed E-state index contributed by atoms with van der Waals surface area (Å²) in [4.78, 5) is 19.4. The maximum Gasteiger partial charge on any atom is 0.371 e. The fraction of sp³-hybridized carbons (Fsp3) is 0.133. The number of thioether (sulfide) groups is 1. The highest BCUT2D eigenvalue weighted by molar-refractivity contribution is 7.99. The van der Waals surface area contributed by atoms with Gasteiger partial charge in [0.25, 0.3) is 0 Å². The number of carboxylic acid groups (broad SMARTS) is 1. The van der Waals surface area contributed by atoms with Gasteiger partial charge in [0.15, 0.2) is 0 Å². The number of aromatic carboxylic acids is 1. The Morgan fingerprint density at radius 3 is 2.81 bits per heavy atom. The summed E-state index contributed by atoms with van der Waals surface area (Å²) in [7, 11) is 0. The number of benzene rings is 1. The maximum absolute atomic E-state index is 10.8. The van der Waals surface area contributed by atoms with Crippen molar-refractivity contribution in [1.29, 1.82) is 0 Å². The summed E-state index contributed by atoms with van der Waals surface area (Å²) in [6, 6.07) is 10.9. The lowest BCUT2D eigenvalue weighted by molar-refractivity contribution is 0.0660. The average Bonchev–Trinajstić information content (AvgIpc) is 2.98. The van der Waals surface area contributed by atoms with Gasteiger partial charge >= 0.3 is 5.97 Å². The molecule has 0 aliphatic heterocycles. The molecule has 0 saturated heterocycles. The van der Waals surface area contributed by atoms with E-state index >= 15 is 0 Å². The number of rotatable bonds is 4. The van der Waals surface area contributed by atoms with Gasteiger partial charge in [0.05, 0.1) is 10.8 Å². The fourth-order valence-corrected chi connectivity index (χ4v) is 2.97. The van der Waals surface area contributed by atoms with E-state index in [0.29, 0.717) is 5.76 Å². The van der Waals surface area contributed by atoms with E-state index in [0.717, 1.165) is 15.9 Å². The van der Waals surface area contributed by atoms with Gasteiger partial charge in [-0.05, 0) is 25.1 Å². The molecule has 106 valence electrons. The topological polar surface area (TPSA) is 76.2 Å². The second-order valence-corrected chi connectivity index (χ2v) is 5.79. The van der Waals surface area contributed by atoms with Crippen LogP contribution in [-0.2, 0) is 0 Å². The first kappa shape index (κ1) is 13.6. The lowest BCUT2D eigenvalue weighted by Gasteiger charge is -2.09. The Bertz CT molecular complexity index is 795. The maximum atomic E-state index is 10.8. The van der Waals surface area contributed by atoms with E-state index < -0.39 is 5.97 Å². The number of aromatic nitrogens is 2. The van der Waals surface area contributed by atoms with Crippen LogP contribution in [0.2, 0.25) is 0 Å². The first-order valence-electron chi connectivity index (χ1n) is 6.34. The molecule has 5 nitrogen and oxygen atoms in total. The van der Waals surface area contributed by atoms with E-state index in [1.54, 1.807) is 6.07 Å². The molecule has 2 aromatic heterocycles. The second-order valence-electron chi connectivity index (χ2n) is 4.46. The molecular weight excluding hydrogens is 288 g/mol. The Hall–Kier alpha value is -2.34. The van der Waals surface area contributed by atoms with Crippen LogP contribution in [0.4, 0.5) is 0 Å². The third kappa shape index (κ3) is 2.75. The van der Waals surface area contributed by atoms with E-state index in [-0.39, 0.29) is 11.0 Å². The normalized spacial score (nSPS) is 12.4. The lowest BCUT2D eigenvalue weighted by atomic mass is 10.2. The van der Waals surface area contributed by atoms with Crippen LogP contribution in [0.15, 0.2) is 52.2 Å². The minimum Gasteiger partial charge on any atom is -0.475 e. The first-order chi connectivity index (χ1) is 10.1. The summed E-state index contributed by atoms with van der Waals surface area (Å²) >= 11 is 1.51. The van der Waals surface area contributed by atoms with Crippen molar-refractivity contribution in [3.05, 3.63) is 54.2 Å². The molecule has 0 spiro atoms. The summed E-state index contributed by atoms with van der Waals surface area (Å²) in [5.41, 5.74) is 0.882. The highest BCUT2D eigenvalue weighted by Gasteiger charge is 2.17. The van der Waals surface area contributed by atoms with Crippen LogP contribution in [0, 0.1) is 0 Å². The fourth-order valence-electron chi connectivity index (χ4n) is 1.99. The molecule has 0 amide bonds. The number of nitrogens with zero attached hydrogens (tertiary/aromatic N) is 2. The van der Waals surface area contributed by atoms with Crippen LogP contribution in [0.3, 0.4) is 0 Å². The highest BCUT2D eigenvalue weighted by Crippen LogP contribution is 2.37. The summed E-state index contributed by atoms with van der Waals surface area (Å²) < 4.78 is 5.33. The zero-order valence-electron chi connectivity index (χ0n) is 11.2. The Balaban J connectivity index is 1.89. The number of furan rings is 1. The molecular formula is C15H12N2O3S. The van der Waals surface area contributed by atoms with Gasteiger partial charge < -0.3 is 9.52 Å². The van der Waals surface area contributed by atoms with Gasteiger partial charge in [0, 0.05) is 5.39 Å². The molecule has 3 rings (SSSR count). The predicted octanol–water partition coefficient (Wildman–Crippen LogP) is 3.77. The number of para-hydroxylation sites is 1. The molecule has 1 aromatic carbocycles. The third-order valence-electron chi connectivity index (χ3n) is 3.03. The van der Waals surface area contributed by atoms with Crippen LogP contribution in [-0.4, -0.2) is 21.0 Å². The zero-order valence-corrected chi connectivity index (χ0v) is 12.0. The Labute approximate surface area is 125 Å². The molecule has 6 heteroatoms. The summed E-state index contributed by atoms with van der Waals surface area (Å²) in [5, 5.41) is 10.7. The minimum atomic E-state index is -1.06. The zero-order chi connectivity index (χ0) is 14.8. The third-order valence-corrected chi connectivity index (χ3v) is 4.17. The van der Waals surface area contributed by atoms with Gasteiger partial charge in [-0.25, -0.2) is 14.8 Å². The SMILES string of the molecule is CC(Sc1ncnc2ccccc12)c1ccc(C(=O)O)o1. The first-order valence-corrected chi connectivity index (χ1v) is 7.22. The number of hydrogen-bond donors (Lipinski definition) is 1. The van der Waals surface area contributed by atoms with E-state index in [4.69, 9.17) is 9.52 Å². The molecule has 0 saturated carbocycles. The Morgan fingerprint density at radius 2 is 2.05 bits per heavy atom. The van der Waals surface area contributed by atoms with Crippen LogP contribution in [0.5, 0.6) is 0 Å². The number of carboxylic acids is 1. The van der Waals surface area contributed by atoms with Crippen molar-refractivity contribution in [2.45, 2.75) is 17.2 Å². The quantitative estimate of drug-likeness (QED) is 0.584. The lowest BCUT2D eigenvalue weighted by Crippen LogP contribution is -1.93. The molecule has 3 aromatic rings. The molecule has 1 N–H and O–H groups in total. The summed E-state index contributed by atoms with van der Waals surface area (Å²) in [5.74, 6) is -0.504.